The van der Waals surface area contributed by atoms with Crippen molar-refractivity contribution in [2.75, 3.05) is 31.1 Å². The SMILES string of the molecule is N#Cc1ccc(N2CCC([C@@H]3CN(C(=O)c4ccco4)C[C@H]3C(N)=O)CC2)cc1C(F)(F)F. The average molecular weight is 460 g/mol. The highest BCUT2D eigenvalue weighted by Gasteiger charge is 2.44. The maximum Gasteiger partial charge on any atom is 0.417 e. The van der Waals surface area contributed by atoms with Gasteiger partial charge in [-0.25, -0.2) is 0 Å². The Bertz CT molecular complexity index is 1070. The number of nitrogens with zero attached hydrogens (tertiary/aromatic N) is 3. The third kappa shape index (κ3) is 4.53. The third-order valence-corrected chi connectivity index (χ3v) is 6.69. The fourth-order valence-electron chi connectivity index (χ4n) is 4.98. The van der Waals surface area contributed by atoms with Crippen molar-refractivity contribution in [1.82, 2.24) is 4.90 Å². The summed E-state index contributed by atoms with van der Waals surface area (Å²) in [5.74, 6) is -1.03. The first kappa shape index (κ1) is 22.7. The molecule has 1 aromatic carbocycles. The van der Waals surface area contributed by atoms with Gasteiger partial charge >= 0.3 is 6.18 Å². The van der Waals surface area contributed by atoms with Gasteiger partial charge < -0.3 is 20.0 Å². The van der Waals surface area contributed by atoms with Crippen LogP contribution in [-0.4, -0.2) is 42.9 Å². The molecule has 0 radical (unpaired) electrons. The van der Waals surface area contributed by atoms with E-state index in [2.05, 4.69) is 0 Å². The first-order chi connectivity index (χ1) is 15.7. The molecule has 0 aliphatic carbocycles. The summed E-state index contributed by atoms with van der Waals surface area (Å²) in [5.41, 5.74) is 4.70. The van der Waals surface area contributed by atoms with Crippen LogP contribution in [0.4, 0.5) is 18.9 Å². The van der Waals surface area contributed by atoms with Crippen molar-refractivity contribution in [3.05, 3.63) is 53.5 Å². The number of rotatable bonds is 4. The third-order valence-electron chi connectivity index (χ3n) is 6.69. The Balaban J connectivity index is 1.45. The molecule has 2 aliphatic rings. The topological polar surface area (TPSA) is 104 Å². The molecular formula is C23H23F3N4O3. The number of carbonyl (C=O) groups excluding carboxylic acids is 2. The first-order valence-electron chi connectivity index (χ1n) is 10.7. The molecule has 3 heterocycles. The van der Waals surface area contributed by atoms with Crippen LogP contribution in [0.5, 0.6) is 0 Å². The van der Waals surface area contributed by atoms with Crippen LogP contribution in [0, 0.1) is 29.1 Å². The standard InChI is InChI=1S/C23H23F3N4O3/c24-23(25,26)19-10-16(4-3-15(19)11-27)29-7-5-14(6-8-29)17-12-30(13-18(17)21(28)31)22(32)20-2-1-9-33-20/h1-4,9-10,14,17-18H,5-8,12-13H2,(H2,28,31)/t17-,18+/m0/s1. The molecule has 7 nitrogen and oxygen atoms in total. The summed E-state index contributed by atoms with van der Waals surface area (Å²) < 4.78 is 45.1. The van der Waals surface area contributed by atoms with E-state index in [9.17, 15) is 22.8 Å². The zero-order valence-electron chi connectivity index (χ0n) is 17.7. The molecular weight excluding hydrogens is 437 g/mol. The fourth-order valence-corrected chi connectivity index (χ4v) is 4.98. The number of carbonyl (C=O) groups is 2. The molecule has 0 spiro atoms. The van der Waals surface area contributed by atoms with Crippen LogP contribution in [0.1, 0.15) is 34.5 Å². The second-order valence-corrected chi connectivity index (χ2v) is 8.52. The van der Waals surface area contributed by atoms with Gasteiger partial charge in [-0.15, -0.1) is 0 Å². The van der Waals surface area contributed by atoms with Crippen molar-refractivity contribution in [2.24, 2.45) is 23.5 Å². The number of primary amides is 1. The number of nitriles is 1. The second-order valence-electron chi connectivity index (χ2n) is 8.52. The molecule has 2 aromatic rings. The Kier molecular flexibility index (Phi) is 6.06. The lowest BCUT2D eigenvalue weighted by Crippen LogP contribution is -2.40. The summed E-state index contributed by atoms with van der Waals surface area (Å²) in [4.78, 5) is 28.2. The number of likely N-dealkylation sites (tertiary alicyclic amines) is 1. The number of furan rings is 1. The molecule has 33 heavy (non-hydrogen) atoms. The molecule has 2 fully saturated rings. The van der Waals surface area contributed by atoms with Crippen LogP contribution in [0.2, 0.25) is 0 Å². The van der Waals surface area contributed by atoms with Gasteiger partial charge in [-0.05, 0) is 55.0 Å². The number of piperidine rings is 1. The number of alkyl halides is 3. The monoisotopic (exact) mass is 460 g/mol. The molecule has 0 saturated carbocycles. The molecule has 10 heteroatoms. The minimum atomic E-state index is -4.61. The van der Waals surface area contributed by atoms with Crippen molar-refractivity contribution in [3.8, 4) is 6.07 Å². The highest BCUT2D eigenvalue weighted by Crippen LogP contribution is 2.39. The minimum absolute atomic E-state index is 0.105. The number of amides is 2. The minimum Gasteiger partial charge on any atom is -0.459 e. The molecule has 0 unspecified atom stereocenters. The molecule has 2 saturated heterocycles. The van der Waals surface area contributed by atoms with Gasteiger partial charge in [-0.1, -0.05) is 0 Å². The van der Waals surface area contributed by atoms with Gasteiger partial charge in [-0.2, -0.15) is 18.4 Å². The summed E-state index contributed by atoms with van der Waals surface area (Å²) in [5, 5.41) is 8.99. The Morgan fingerprint density at radius 3 is 2.45 bits per heavy atom. The molecule has 2 aliphatic heterocycles. The highest BCUT2D eigenvalue weighted by molar-refractivity contribution is 5.92. The van der Waals surface area contributed by atoms with Gasteiger partial charge in [0.2, 0.25) is 5.91 Å². The number of anilines is 1. The Morgan fingerprint density at radius 1 is 1.15 bits per heavy atom. The van der Waals surface area contributed by atoms with Crippen LogP contribution in [0.25, 0.3) is 0 Å². The smallest absolute Gasteiger partial charge is 0.417 e. The molecule has 174 valence electrons. The van der Waals surface area contributed by atoms with Crippen LogP contribution < -0.4 is 10.6 Å². The molecule has 2 N–H and O–H groups in total. The molecule has 2 amide bonds. The van der Waals surface area contributed by atoms with E-state index in [1.54, 1.807) is 23.1 Å². The van der Waals surface area contributed by atoms with Crippen LogP contribution in [0.3, 0.4) is 0 Å². The zero-order valence-corrected chi connectivity index (χ0v) is 17.7. The van der Waals surface area contributed by atoms with Crippen LogP contribution in [0.15, 0.2) is 41.0 Å². The maximum absolute atomic E-state index is 13.3. The lowest BCUT2D eigenvalue weighted by atomic mass is 9.78. The van der Waals surface area contributed by atoms with Gasteiger partial charge in [-0.3, -0.25) is 9.59 Å². The second kappa shape index (κ2) is 8.81. The normalized spacial score (nSPS) is 21.8. The van der Waals surface area contributed by atoms with E-state index in [1.165, 1.54) is 18.4 Å². The van der Waals surface area contributed by atoms with E-state index >= 15 is 0 Å². The number of nitrogens with two attached hydrogens (primary N) is 1. The lowest BCUT2D eigenvalue weighted by Gasteiger charge is -2.37. The van der Waals surface area contributed by atoms with Crippen molar-refractivity contribution < 1.29 is 27.2 Å². The predicted octanol–water partition coefficient (Wildman–Crippen LogP) is 3.26. The number of halogens is 3. The van der Waals surface area contributed by atoms with Crippen molar-refractivity contribution in [3.63, 3.8) is 0 Å². The quantitative estimate of drug-likeness (QED) is 0.754. The summed E-state index contributed by atoms with van der Waals surface area (Å²) in [6.45, 7) is 1.61. The molecule has 4 rings (SSSR count). The Labute approximate surface area is 188 Å². The molecule has 2 atom stereocenters. The van der Waals surface area contributed by atoms with Crippen molar-refractivity contribution >= 4 is 17.5 Å². The number of hydrogen-bond donors (Lipinski definition) is 1. The van der Waals surface area contributed by atoms with E-state index < -0.39 is 29.1 Å². The van der Waals surface area contributed by atoms with Gasteiger partial charge in [0.15, 0.2) is 5.76 Å². The van der Waals surface area contributed by atoms with E-state index in [0.29, 0.717) is 38.2 Å². The summed E-state index contributed by atoms with van der Waals surface area (Å²) in [6, 6.07) is 8.53. The molecule has 0 bridgehead atoms. The summed E-state index contributed by atoms with van der Waals surface area (Å²) in [7, 11) is 0. The maximum atomic E-state index is 13.3. The summed E-state index contributed by atoms with van der Waals surface area (Å²) >= 11 is 0. The van der Waals surface area contributed by atoms with Gasteiger partial charge in [0.05, 0.1) is 29.4 Å². The highest BCUT2D eigenvalue weighted by atomic mass is 19.4. The zero-order chi connectivity index (χ0) is 23.8. The van der Waals surface area contributed by atoms with Gasteiger partial charge in [0.25, 0.3) is 5.91 Å². The average Bonchev–Trinajstić information content (AvgIpc) is 3.48. The predicted molar refractivity (Wildman–Crippen MR) is 112 cm³/mol. The fraction of sp³-hybridized carbons (Fsp3) is 0.435. The number of hydrogen-bond acceptors (Lipinski definition) is 5. The first-order valence-corrected chi connectivity index (χ1v) is 10.7. The van der Waals surface area contributed by atoms with E-state index in [-0.39, 0.29) is 30.0 Å². The van der Waals surface area contributed by atoms with Gasteiger partial charge in [0, 0.05) is 31.9 Å². The Morgan fingerprint density at radius 2 is 1.88 bits per heavy atom. The lowest BCUT2D eigenvalue weighted by molar-refractivity contribution is -0.137. The van der Waals surface area contributed by atoms with Crippen LogP contribution >= 0.6 is 0 Å². The summed E-state index contributed by atoms with van der Waals surface area (Å²) in [6.07, 6.45) is -1.89. The Hall–Kier alpha value is -3.48. The van der Waals surface area contributed by atoms with Crippen molar-refractivity contribution in [1.29, 1.82) is 5.26 Å². The van der Waals surface area contributed by atoms with Gasteiger partial charge in [0.1, 0.15) is 0 Å². The van der Waals surface area contributed by atoms with E-state index in [0.717, 1.165) is 6.07 Å². The van der Waals surface area contributed by atoms with E-state index in [1.807, 2.05) is 4.90 Å². The largest absolute Gasteiger partial charge is 0.459 e. The van der Waals surface area contributed by atoms with Crippen LogP contribution in [-0.2, 0) is 11.0 Å². The number of benzene rings is 1. The molecule has 1 aromatic heterocycles. The van der Waals surface area contributed by atoms with E-state index in [4.69, 9.17) is 15.4 Å². The van der Waals surface area contributed by atoms with Crippen molar-refractivity contribution in [2.45, 2.75) is 19.0 Å².